The van der Waals surface area contributed by atoms with Gasteiger partial charge in [-0.15, -0.1) is 11.3 Å². The first kappa shape index (κ1) is 22.4. The summed E-state index contributed by atoms with van der Waals surface area (Å²) in [5, 5.41) is 8.47. The maximum Gasteiger partial charge on any atom is 0.252 e. The molecule has 11 heteroatoms. The molecule has 1 fully saturated rings. The van der Waals surface area contributed by atoms with E-state index in [9.17, 15) is 13.2 Å². The van der Waals surface area contributed by atoms with E-state index in [1.165, 1.54) is 4.31 Å². The first-order chi connectivity index (χ1) is 15.4. The second-order valence-corrected chi connectivity index (χ2v) is 10.5. The second-order valence-electron chi connectivity index (χ2n) is 7.44. The van der Waals surface area contributed by atoms with Crippen molar-refractivity contribution in [2.75, 3.05) is 25.5 Å². The minimum atomic E-state index is -3.73. The average molecular weight is 477 g/mol. The quantitative estimate of drug-likeness (QED) is 0.556. The molecule has 1 N–H and O–H groups in total. The highest BCUT2D eigenvalue weighted by Crippen LogP contribution is 2.31. The fraction of sp³-hybridized carbons (Fsp3) is 0.381. The maximum atomic E-state index is 13.2. The van der Waals surface area contributed by atoms with E-state index in [1.807, 2.05) is 6.92 Å². The SMILES string of the molecule is CCc1nc(-c2csc(S(=O)(=O)N3CCCC(C(=O)Nc4ccc(OC)cc4)C3)c2)no1. The van der Waals surface area contributed by atoms with E-state index in [2.05, 4.69) is 15.5 Å². The lowest BCUT2D eigenvalue weighted by atomic mass is 9.99. The highest BCUT2D eigenvalue weighted by atomic mass is 32.2. The van der Waals surface area contributed by atoms with Gasteiger partial charge in [0.1, 0.15) is 9.96 Å². The number of sulfonamides is 1. The Hall–Kier alpha value is -2.76. The van der Waals surface area contributed by atoms with E-state index in [-0.39, 0.29) is 16.7 Å². The number of aryl methyl sites for hydroxylation is 1. The Labute approximate surface area is 190 Å². The predicted octanol–water partition coefficient (Wildman–Crippen LogP) is 3.41. The van der Waals surface area contributed by atoms with Gasteiger partial charge in [-0.3, -0.25) is 4.79 Å². The number of benzene rings is 1. The van der Waals surface area contributed by atoms with Crippen molar-refractivity contribution in [1.29, 1.82) is 0 Å². The molecule has 0 bridgehead atoms. The van der Waals surface area contributed by atoms with Crippen LogP contribution in [0.5, 0.6) is 5.75 Å². The molecule has 1 unspecified atom stereocenters. The van der Waals surface area contributed by atoms with Crippen LogP contribution in [-0.2, 0) is 21.2 Å². The lowest BCUT2D eigenvalue weighted by Crippen LogP contribution is -2.43. The third-order valence-corrected chi connectivity index (χ3v) is 8.59. The number of nitrogens with one attached hydrogen (secondary N) is 1. The Kier molecular flexibility index (Phi) is 6.58. The molecule has 32 heavy (non-hydrogen) atoms. The number of nitrogens with zero attached hydrogens (tertiary/aromatic N) is 3. The number of hydrogen-bond donors (Lipinski definition) is 1. The number of amides is 1. The van der Waals surface area contributed by atoms with Crippen LogP contribution in [0.2, 0.25) is 0 Å². The molecule has 1 aromatic carbocycles. The third kappa shape index (κ3) is 4.69. The Morgan fingerprint density at radius 1 is 1.34 bits per heavy atom. The molecule has 3 aromatic rings. The second kappa shape index (κ2) is 9.39. The molecule has 1 aliphatic rings. The number of rotatable bonds is 7. The summed E-state index contributed by atoms with van der Waals surface area (Å²) >= 11 is 1.11. The van der Waals surface area contributed by atoms with Crippen LogP contribution in [0.25, 0.3) is 11.4 Å². The molecule has 1 saturated heterocycles. The molecule has 0 saturated carbocycles. The zero-order valence-corrected chi connectivity index (χ0v) is 19.4. The van der Waals surface area contributed by atoms with Crippen LogP contribution in [0.1, 0.15) is 25.7 Å². The number of anilines is 1. The minimum absolute atomic E-state index is 0.139. The van der Waals surface area contributed by atoms with Crippen molar-refractivity contribution >= 4 is 33.0 Å². The summed E-state index contributed by atoms with van der Waals surface area (Å²) in [4.78, 5) is 17.0. The molecule has 0 radical (unpaired) electrons. The Morgan fingerprint density at radius 2 is 2.12 bits per heavy atom. The Bertz CT molecular complexity index is 1190. The summed E-state index contributed by atoms with van der Waals surface area (Å²) in [6, 6.07) is 8.58. The lowest BCUT2D eigenvalue weighted by molar-refractivity contribution is -0.120. The lowest BCUT2D eigenvalue weighted by Gasteiger charge is -2.30. The number of carbonyl (C=O) groups is 1. The molecule has 0 spiro atoms. The molecule has 1 atom stereocenters. The van der Waals surface area contributed by atoms with Gasteiger partial charge in [0.05, 0.1) is 13.0 Å². The fourth-order valence-electron chi connectivity index (χ4n) is 3.51. The molecule has 3 heterocycles. The molecule has 1 amide bonds. The molecule has 4 rings (SSSR count). The van der Waals surface area contributed by atoms with Gasteiger partial charge in [-0.25, -0.2) is 8.42 Å². The van der Waals surface area contributed by atoms with Gasteiger partial charge in [0, 0.05) is 36.1 Å². The van der Waals surface area contributed by atoms with Gasteiger partial charge in [0.15, 0.2) is 0 Å². The molecular formula is C21H24N4O5S2. The standard InChI is InChI=1S/C21H24N4O5S2/c1-3-18-23-20(24-30-18)15-11-19(31-13-15)32(27,28)25-10-4-5-14(12-25)21(26)22-16-6-8-17(29-2)9-7-16/h6-9,11,13-14H,3-5,10,12H2,1-2H3,(H,22,26). The minimum Gasteiger partial charge on any atom is -0.497 e. The maximum absolute atomic E-state index is 13.2. The van der Waals surface area contributed by atoms with Crippen LogP contribution < -0.4 is 10.1 Å². The molecular weight excluding hydrogens is 452 g/mol. The van der Waals surface area contributed by atoms with E-state index in [0.717, 1.165) is 11.3 Å². The molecule has 9 nitrogen and oxygen atoms in total. The van der Waals surface area contributed by atoms with Gasteiger partial charge in [-0.2, -0.15) is 9.29 Å². The number of ether oxygens (including phenoxy) is 1. The summed E-state index contributed by atoms with van der Waals surface area (Å²) in [5.74, 6) is 0.942. The summed E-state index contributed by atoms with van der Waals surface area (Å²) in [5.41, 5.74) is 1.24. The van der Waals surface area contributed by atoms with Crippen molar-refractivity contribution in [3.05, 3.63) is 41.6 Å². The van der Waals surface area contributed by atoms with Crippen molar-refractivity contribution in [2.45, 2.75) is 30.4 Å². The average Bonchev–Trinajstić information content (AvgIpc) is 3.49. The normalized spacial score (nSPS) is 17.2. The number of piperidine rings is 1. The molecule has 0 aliphatic carbocycles. The zero-order chi connectivity index (χ0) is 22.7. The largest absolute Gasteiger partial charge is 0.497 e. The van der Waals surface area contributed by atoms with Crippen LogP contribution in [0, 0.1) is 5.92 Å². The van der Waals surface area contributed by atoms with Gasteiger partial charge in [0.2, 0.25) is 17.6 Å². The van der Waals surface area contributed by atoms with E-state index in [4.69, 9.17) is 9.26 Å². The number of carbonyl (C=O) groups excluding carboxylic acids is 1. The topological polar surface area (TPSA) is 115 Å². The van der Waals surface area contributed by atoms with E-state index in [0.29, 0.717) is 54.5 Å². The Balaban J connectivity index is 1.45. The highest BCUT2D eigenvalue weighted by Gasteiger charge is 2.34. The number of thiophene rings is 1. The zero-order valence-electron chi connectivity index (χ0n) is 17.8. The Morgan fingerprint density at radius 3 is 2.81 bits per heavy atom. The van der Waals surface area contributed by atoms with E-state index >= 15 is 0 Å². The van der Waals surface area contributed by atoms with Crippen LogP contribution in [-0.4, -0.2) is 49.0 Å². The smallest absolute Gasteiger partial charge is 0.252 e. The predicted molar refractivity (Wildman–Crippen MR) is 120 cm³/mol. The van der Waals surface area contributed by atoms with Gasteiger partial charge >= 0.3 is 0 Å². The van der Waals surface area contributed by atoms with Crippen molar-refractivity contribution in [2.24, 2.45) is 5.92 Å². The van der Waals surface area contributed by atoms with Gasteiger partial charge < -0.3 is 14.6 Å². The monoisotopic (exact) mass is 476 g/mol. The van der Waals surface area contributed by atoms with Crippen molar-refractivity contribution in [3.8, 4) is 17.1 Å². The summed E-state index contributed by atoms with van der Waals surface area (Å²) in [6.07, 6.45) is 1.85. The van der Waals surface area contributed by atoms with E-state index < -0.39 is 15.9 Å². The number of hydrogen-bond acceptors (Lipinski definition) is 8. The summed E-state index contributed by atoms with van der Waals surface area (Å²) in [7, 11) is -2.15. The van der Waals surface area contributed by atoms with Crippen molar-refractivity contribution in [1.82, 2.24) is 14.4 Å². The third-order valence-electron chi connectivity index (χ3n) is 5.31. The molecule has 2 aromatic heterocycles. The van der Waals surface area contributed by atoms with Crippen LogP contribution in [0.3, 0.4) is 0 Å². The molecule has 1 aliphatic heterocycles. The van der Waals surface area contributed by atoms with Gasteiger partial charge in [0.25, 0.3) is 10.0 Å². The van der Waals surface area contributed by atoms with Gasteiger partial charge in [-0.05, 0) is 43.2 Å². The first-order valence-corrected chi connectivity index (χ1v) is 12.6. The van der Waals surface area contributed by atoms with Crippen LogP contribution in [0.4, 0.5) is 5.69 Å². The fourth-order valence-corrected chi connectivity index (χ4v) is 6.34. The number of methoxy groups -OCH3 is 1. The summed E-state index contributed by atoms with van der Waals surface area (Å²) in [6.45, 7) is 2.42. The molecule has 170 valence electrons. The highest BCUT2D eigenvalue weighted by molar-refractivity contribution is 7.91. The van der Waals surface area contributed by atoms with Gasteiger partial charge in [-0.1, -0.05) is 12.1 Å². The summed E-state index contributed by atoms with van der Waals surface area (Å²) < 4.78 is 38.3. The van der Waals surface area contributed by atoms with Crippen LogP contribution >= 0.6 is 11.3 Å². The number of aromatic nitrogens is 2. The van der Waals surface area contributed by atoms with Crippen molar-refractivity contribution in [3.63, 3.8) is 0 Å². The van der Waals surface area contributed by atoms with E-state index in [1.54, 1.807) is 42.8 Å². The first-order valence-electron chi connectivity index (χ1n) is 10.3. The van der Waals surface area contributed by atoms with Crippen LogP contribution in [0.15, 0.2) is 44.4 Å². The van der Waals surface area contributed by atoms with Crippen molar-refractivity contribution < 1.29 is 22.5 Å².